The number of hydrogen-bond acceptors (Lipinski definition) is 2. The van der Waals surface area contributed by atoms with E-state index < -0.39 is 0 Å². The Balaban J connectivity index is 2.32. The number of para-hydroxylation sites is 1. The van der Waals surface area contributed by atoms with Crippen molar-refractivity contribution in [3.8, 4) is 0 Å². The Hall–Kier alpha value is -1.71. The van der Waals surface area contributed by atoms with Crippen molar-refractivity contribution in [3.63, 3.8) is 0 Å². The minimum atomic E-state index is -0.344. The summed E-state index contributed by atoms with van der Waals surface area (Å²) in [6, 6.07) is 6.29. The van der Waals surface area contributed by atoms with Crippen LogP contribution in [0.1, 0.15) is 0 Å². The third-order valence-electron chi connectivity index (χ3n) is 1.81. The summed E-state index contributed by atoms with van der Waals surface area (Å²) < 4.78 is 13.2. The van der Waals surface area contributed by atoms with Crippen molar-refractivity contribution in [3.05, 3.63) is 30.1 Å². The van der Waals surface area contributed by atoms with Gasteiger partial charge in [-0.15, -0.1) is 0 Å². The molecular formula is C9H7FN2O. The highest BCUT2D eigenvalue weighted by Crippen LogP contribution is 2.18. The van der Waals surface area contributed by atoms with E-state index in [2.05, 4.69) is 4.99 Å². The monoisotopic (exact) mass is 178 g/mol. The number of aliphatic imine (C=N–C) groups is 1. The van der Waals surface area contributed by atoms with Crippen molar-refractivity contribution in [1.29, 1.82) is 0 Å². The number of carbonyl (C=O) groups is 1. The van der Waals surface area contributed by atoms with Crippen molar-refractivity contribution < 1.29 is 9.18 Å². The van der Waals surface area contributed by atoms with E-state index in [4.69, 9.17) is 0 Å². The van der Waals surface area contributed by atoms with Crippen LogP contribution in [0.15, 0.2) is 29.3 Å². The van der Waals surface area contributed by atoms with Crippen LogP contribution in [0.25, 0.3) is 0 Å². The van der Waals surface area contributed by atoms with E-state index in [0.29, 0.717) is 5.69 Å². The Morgan fingerprint density at radius 2 is 2.15 bits per heavy atom. The van der Waals surface area contributed by atoms with Gasteiger partial charge in [-0.3, -0.25) is 4.79 Å². The molecule has 1 aliphatic rings. The van der Waals surface area contributed by atoms with Crippen molar-refractivity contribution in [2.75, 3.05) is 11.4 Å². The van der Waals surface area contributed by atoms with Gasteiger partial charge < -0.3 is 4.90 Å². The van der Waals surface area contributed by atoms with Crippen LogP contribution in [0, 0.1) is 5.82 Å². The van der Waals surface area contributed by atoms with E-state index in [1.54, 1.807) is 18.2 Å². The number of hydrogen-bond donors (Lipinski definition) is 0. The van der Waals surface area contributed by atoms with Gasteiger partial charge >= 0.3 is 0 Å². The highest BCUT2D eigenvalue weighted by atomic mass is 19.1. The maximum absolute atomic E-state index is 13.2. The fraction of sp³-hybridized carbons (Fsp3) is 0.111. The normalized spacial score (nSPS) is 15.5. The van der Waals surface area contributed by atoms with Gasteiger partial charge in [0.05, 0.1) is 12.0 Å². The van der Waals surface area contributed by atoms with E-state index in [1.807, 2.05) is 0 Å². The summed E-state index contributed by atoms with van der Waals surface area (Å²) in [6.45, 7) is 0.126. The zero-order chi connectivity index (χ0) is 9.26. The maximum Gasteiger partial charge on any atom is 0.267 e. The summed E-state index contributed by atoms with van der Waals surface area (Å²) in [5.41, 5.74) is 0.386. The van der Waals surface area contributed by atoms with Gasteiger partial charge in [0.1, 0.15) is 12.4 Å². The Morgan fingerprint density at radius 1 is 1.38 bits per heavy atom. The smallest absolute Gasteiger partial charge is 0.267 e. The molecule has 0 spiro atoms. The molecule has 4 heteroatoms. The molecular weight excluding hydrogens is 171 g/mol. The van der Waals surface area contributed by atoms with Gasteiger partial charge in [0.2, 0.25) is 0 Å². The molecule has 0 N–H and O–H groups in total. The molecule has 0 atom stereocenters. The molecule has 0 radical (unpaired) electrons. The van der Waals surface area contributed by atoms with Gasteiger partial charge in [-0.25, -0.2) is 9.38 Å². The van der Waals surface area contributed by atoms with Gasteiger partial charge in [-0.2, -0.15) is 0 Å². The third kappa shape index (κ3) is 1.42. The molecule has 1 aromatic rings. The van der Waals surface area contributed by atoms with Gasteiger partial charge in [0.15, 0.2) is 0 Å². The molecule has 13 heavy (non-hydrogen) atoms. The fourth-order valence-electron chi connectivity index (χ4n) is 1.19. The molecule has 0 saturated heterocycles. The number of carbonyl (C=O) groups excluding carboxylic acids is 1. The second kappa shape index (κ2) is 2.97. The average Bonchev–Trinajstić information content (AvgIpc) is 2.53. The Morgan fingerprint density at radius 3 is 2.77 bits per heavy atom. The molecule has 1 amide bonds. The van der Waals surface area contributed by atoms with Crippen LogP contribution in [-0.4, -0.2) is 18.8 Å². The van der Waals surface area contributed by atoms with E-state index >= 15 is 0 Å². The number of nitrogens with zero attached hydrogens (tertiary/aromatic N) is 2. The number of amides is 1. The average molecular weight is 178 g/mol. The maximum atomic E-state index is 13.2. The Labute approximate surface area is 74.5 Å². The Kier molecular flexibility index (Phi) is 1.81. The standard InChI is InChI=1S/C9H7FN2O/c10-7-3-1-2-4-8(7)12-5-9(13)11-6-12/h1-4,6H,5H2. The van der Waals surface area contributed by atoms with E-state index in [9.17, 15) is 9.18 Å². The molecule has 3 nitrogen and oxygen atoms in total. The van der Waals surface area contributed by atoms with Crippen molar-refractivity contribution >= 4 is 17.9 Å². The third-order valence-corrected chi connectivity index (χ3v) is 1.81. The first-order valence-electron chi connectivity index (χ1n) is 3.85. The molecule has 0 bridgehead atoms. The highest BCUT2D eigenvalue weighted by molar-refractivity contribution is 6.01. The van der Waals surface area contributed by atoms with Crippen LogP contribution < -0.4 is 4.90 Å². The minimum Gasteiger partial charge on any atom is -0.320 e. The lowest BCUT2D eigenvalue weighted by Crippen LogP contribution is -2.21. The molecule has 1 aliphatic heterocycles. The van der Waals surface area contributed by atoms with Gasteiger partial charge in [-0.1, -0.05) is 12.1 Å². The lowest BCUT2D eigenvalue weighted by molar-refractivity contribution is -0.115. The molecule has 0 fully saturated rings. The van der Waals surface area contributed by atoms with Crippen molar-refractivity contribution in [1.82, 2.24) is 0 Å². The first kappa shape index (κ1) is 7.91. The number of halogens is 1. The second-order valence-electron chi connectivity index (χ2n) is 2.72. The van der Waals surface area contributed by atoms with Crippen LogP contribution in [0.3, 0.4) is 0 Å². The zero-order valence-corrected chi connectivity index (χ0v) is 6.77. The van der Waals surface area contributed by atoms with E-state index in [1.165, 1.54) is 17.3 Å². The lowest BCUT2D eigenvalue weighted by Gasteiger charge is -2.12. The molecule has 1 aromatic carbocycles. The molecule has 2 rings (SSSR count). The van der Waals surface area contributed by atoms with Crippen molar-refractivity contribution in [2.45, 2.75) is 0 Å². The molecule has 0 aromatic heterocycles. The minimum absolute atomic E-state index is 0.126. The van der Waals surface area contributed by atoms with Crippen LogP contribution in [0.4, 0.5) is 10.1 Å². The summed E-state index contributed by atoms with van der Waals surface area (Å²) in [5.74, 6) is -0.591. The summed E-state index contributed by atoms with van der Waals surface area (Å²) in [7, 11) is 0. The summed E-state index contributed by atoms with van der Waals surface area (Å²) in [6.07, 6.45) is 1.35. The topological polar surface area (TPSA) is 32.7 Å². The molecule has 1 heterocycles. The lowest BCUT2D eigenvalue weighted by atomic mass is 10.3. The zero-order valence-electron chi connectivity index (χ0n) is 6.77. The van der Waals surface area contributed by atoms with Crippen molar-refractivity contribution in [2.24, 2.45) is 4.99 Å². The van der Waals surface area contributed by atoms with Crippen LogP contribution in [0.2, 0.25) is 0 Å². The summed E-state index contributed by atoms with van der Waals surface area (Å²) >= 11 is 0. The predicted octanol–water partition coefficient (Wildman–Crippen LogP) is 1.20. The fourth-order valence-corrected chi connectivity index (χ4v) is 1.19. The Bertz CT molecular complexity index is 376. The SMILES string of the molecule is O=C1CN(c2ccccc2F)C=N1. The highest BCUT2D eigenvalue weighted by Gasteiger charge is 2.17. The molecule has 66 valence electrons. The first-order valence-corrected chi connectivity index (χ1v) is 3.85. The van der Waals surface area contributed by atoms with E-state index in [-0.39, 0.29) is 18.3 Å². The van der Waals surface area contributed by atoms with Gasteiger partial charge in [-0.05, 0) is 12.1 Å². The molecule has 0 saturated carbocycles. The molecule has 0 aliphatic carbocycles. The summed E-state index contributed by atoms with van der Waals surface area (Å²) in [5, 5.41) is 0. The van der Waals surface area contributed by atoms with Crippen LogP contribution >= 0.6 is 0 Å². The number of benzene rings is 1. The quantitative estimate of drug-likeness (QED) is 0.647. The summed E-state index contributed by atoms with van der Waals surface area (Å²) in [4.78, 5) is 15.8. The number of rotatable bonds is 1. The van der Waals surface area contributed by atoms with Crippen LogP contribution in [-0.2, 0) is 4.79 Å². The van der Waals surface area contributed by atoms with Crippen LogP contribution in [0.5, 0.6) is 0 Å². The van der Waals surface area contributed by atoms with Gasteiger partial charge in [0, 0.05) is 0 Å². The van der Waals surface area contributed by atoms with E-state index in [0.717, 1.165) is 0 Å². The first-order chi connectivity index (χ1) is 6.27. The number of anilines is 1. The predicted molar refractivity (Wildman–Crippen MR) is 47.2 cm³/mol. The molecule has 0 unspecified atom stereocenters. The second-order valence-corrected chi connectivity index (χ2v) is 2.72. The largest absolute Gasteiger partial charge is 0.320 e. The van der Waals surface area contributed by atoms with Gasteiger partial charge in [0.25, 0.3) is 5.91 Å².